The molecule has 2 aromatic rings. The average Bonchev–Trinajstić information content (AvgIpc) is 2.38. The van der Waals surface area contributed by atoms with Gasteiger partial charge in [-0.2, -0.15) is 0 Å². The van der Waals surface area contributed by atoms with Crippen LogP contribution < -0.4 is 4.74 Å². The maximum absolute atomic E-state index is 6.00. The van der Waals surface area contributed by atoms with Crippen LogP contribution in [0.15, 0.2) is 42.5 Å². The fraction of sp³-hybridized carbons (Fsp3) is 0.333. The van der Waals surface area contributed by atoms with Gasteiger partial charge in [-0.25, -0.2) is 0 Å². The molecular formula is C18H21ClO. The van der Waals surface area contributed by atoms with E-state index in [0.717, 1.165) is 16.3 Å². The molecule has 0 bridgehead atoms. The Bertz CT molecular complexity index is 579. The van der Waals surface area contributed by atoms with Crippen molar-refractivity contribution in [1.82, 2.24) is 0 Å². The van der Waals surface area contributed by atoms with E-state index in [1.165, 1.54) is 11.1 Å². The minimum Gasteiger partial charge on any atom is -0.489 e. The zero-order valence-corrected chi connectivity index (χ0v) is 13.3. The second-order valence-electron chi connectivity index (χ2n) is 6.16. The first-order chi connectivity index (χ1) is 9.36. The van der Waals surface area contributed by atoms with Crippen LogP contribution in [0.4, 0.5) is 0 Å². The van der Waals surface area contributed by atoms with Crippen LogP contribution in [0, 0.1) is 6.92 Å². The van der Waals surface area contributed by atoms with Gasteiger partial charge in [-0.1, -0.05) is 62.2 Å². The monoisotopic (exact) mass is 288 g/mol. The van der Waals surface area contributed by atoms with Gasteiger partial charge < -0.3 is 4.74 Å². The number of aryl methyl sites for hydroxylation is 1. The lowest BCUT2D eigenvalue weighted by Gasteiger charge is -2.23. The zero-order chi connectivity index (χ0) is 14.8. The Balaban J connectivity index is 2.19. The van der Waals surface area contributed by atoms with E-state index in [2.05, 4.69) is 45.9 Å². The van der Waals surface area contributed by atoms with Crippen LogP contribution in [0.1, 0.15) is 37.5 Å². The Morgan fingerprint density at radius 3 is 2.25 bits per heavy atom. The van der Waals surface area contributed by atoms with E-state index in [-0.39, 0.29) is 5.41 Å². The molecule has 0 aliphatic rings. The van der Waals surface area contributed by atoms with E-state index in [0.29, 0.717) is 6.61 Å². The summed E-state index contributed by atoms with van der Waals surface area (Å²) in [5.74, 6) is 0.957. The predicted molar refractivity (Wildman–Crippen MR) is 85.7 cm³/mol. The van der Waals surface area contributed by atoms with Crippen molar-refractivity contribution in [1.29, 1.82) is 0 Å². The number of benzene rings is 2. The van der Waals surface area contributed by atoms with Crippen LogP contribution in [0.3, 0.4) is 0 Å². The summed E-state index contributed by atoms with van der Waals surface area (Å²) in [4.78, 5) is 0. The minimum atomic E-state index is 0.0708. The van der Waals surface area contributed by atoms with Gasteiger partial charge in [0.15, 0.2) is 0 Å². The molecule has 20 heavy (non-hydrogen) atoms. The first-order valence-electron chi connectivity index (χ1n) is 6.84. The van der Waals surface area contributed by atoms with Crippen molar-refractivity contribution in [3.05, 3.63) is 64.2 Å². The quantitative estimate of drug-likeness (QED) is 0.722. The second-order valence-corrected chi connectivity index (χ2v) is 6.60. The van der Waals surface area contributed by atoms with Crippen molar-refractivity contribution < 1.29 is 4.74 Å². The van der Waals surface area contributed by atoms with Crippen molar-refractivity contribution in [3.63, 3.8) is 0 Å². The summed E-state index contributed by atoms with van der Waals surface area (Å²) >= 11 is 5.89. The zero-order valence-electron chi connectivity index (χ0n) is 12.5. The van der Waals surface area contributed by atoms with Crippen molar-refractivity contribution in [2.45, 2.75) is 39.7 Å². The first kappa shape index (κ1) is 14.9. The molecule has 2 heteroatoms. The highest BCUT2D eigenvalue weighted by Crippen LogP contribution is 2.32. The van der Waals surface area contributed by atoms with Crippen molar-refractivity contribution in [2.75, 3.05) is 0 Å². The molecule has 0 unspecified atom stereocenters. The molecule has 0 aliphatic heterocycles. The lowest BCUT2D eigenvalue weighted by molar-refractivity contribution is 0.297. The normalized spacial score (nSPS) is 11.4. The number of rotatable bonds is 3. The van der Waals surface area contributed by atoms with E-state index < -0.39 is 0 Å². The third-order valence-corrected chi connectivity index (χ3v) is 3.50. The summed E-state index contributed by atoms with van der Waals surface area (Å²) in [6.45, 7) is 9.28. The van der Waals surface area contributed by atoms with Crippen LogP contribution in [0.25, 0.3) is 0 Å². The molecule has 106 valence electrons. The fourth-order valence-electron chi connectivity index (χ4n) is 2.10. The molecular weight excluding hydrogens is 268 g/mol. The molecule has 0 radical (unpaired) electrons. The molecule has 0 heterocycles. The van der Waals surface area contributed by atoms with Crippen LogP contribution in [-0.4, -0.2) is 0 Å². The average molecular weight is 289 g/mol. The fourth-order valence-corrected chi connectivity index (χ4v) is 2.22. The number of halogens is 1. The highest BCUT2D eigenvalue weighted by Gasteiger charge is 2.19. The van der Waals surface area contributed by atoms with E-state index >= 15 is 0 Å². The highest BCUT2D eigenvalue weighted by molar-refractivity contribution is 6.30. The summed E-state index contributed by atoms with van der Waals surface area (Å²) in [6, 6.07) is 14.1. The summed E-state index contributed by atoms with van der Waals surface area (Å²) in [5.41, 5.74) is 3.69. The first-order valence-corrected chi connectivity index (χ1v) is 7.22. The maximum atomic E-state index is 6.00. The van der Waals surface area contributed by atoms with Gasteiger partial charge in [-0.05, 0) is 41.7 Å². The third kappa shape index (κ3) is 3.77. The molecule has 0 saturated heterocycles. The topological polar surface area (TPSA) is 9.23 Å². The molecule has 0 atom stereocenters. The van der Waals surface area contributed by atoms with Gasteiger partial charge in [0.25, 0.3) is 0 Å². The van der Waals surface area contributed by atoms with Gasteiger partial charge in [0.1, 0.15) is 12.4 Å². The Morgan fingerprint density at radius 1 is 1.00 bits per heavy atom. The summed E-state index contributed by atoms with van der Waals surface area (Å²) < 4.78 is 6.00. The minimum absolute atomic E-state index is 0.0708. The van der Waals surface area contributed by atoms with E-state index in [9.17, 15) is 0 Å². The SMILES string of the molecule is Cc1ccc(OCc2ccc(Cl)cc2)c(C(C)(C)C)c1. The van der Waals surface area contributed by atoms with Gasteiger partial charge in [-0.3, -0.25) is 0 Å². The Labute approximate surface area is 126 Å². The molecule has 0 amide bonds. The largest absolute Gasteiger partial charge is 0.489 e. The lowest BCUT2D eigenvalue weighted by Crippen LogP contribution is -2.13. The molecule has 0 fully saturated rings. The van der Waals surface area contributed by atoms with E-state index in [1.54, 1.807) is 0 Å². The molecule has 2 aromatic carbocycles. The number of hydrogen-bond acceptors (Lipinski definition) is 1. The number of hydrogen-bond donors (Lipinski definition) is 0. The molecule has 0 N–H and O–H groups in total. The van der Waals surface area contributed by atoms with Gasteiger partial charge in [0.2, 0.25) is 0 Å². The van der Waals surface area contributed by atoms with Crippen LogP contribution >= 0.6 is 11.6 Å². The highest BCUT2D eigenvalue weighted by atomic mass is 35.5. The van der Waals surface area contributed by atoms with E-state index in [4.69, 9.17) is 16.3 Å². The number of ether oxygens (including phenoxy) is 1. The summed E-state index contributed by atoms with van der Waals surface area (Å²) in [6.07, 6.45) is 0. The van der Waals surface area contributed by atoms with Gasteiger partial charge in [0.05, 0.1) is 0 Å². The van der Waals surface area contributed by atoms with Gasteiger partial charge in [0, 0.05) is 5.02 Å². The Kier molecular flexibility index (Phi) is 4.39. The smallest absolute Gasteiger partial charge is 0.123 e. The van der Waals surface area contributed by atoms with Crippen molar-refractivity contribution >= 4 is 11.6 Å². The van der Waals surface area contributed by atoms with Gasteiger partial charge in [-0.15, -0.1) is 0 Å². The molecule has 2 rings (SSSR count). The third-order valence-electron chi connectivity index (χ3n) is 3.25. The predicted octanol–water partition coefficient (Wildman–Crippen LogP) is 5.52. The Morgan fingerprint density at radius 2 is 1.65 bits per heavy atom. The molecule has 0 aliphatic carbocycles. The van der Waals surface area contributed by atoms with Crippen LogP contribution in [-0.2, 0) is 12.0 Å². The van der Waals surface area contributed by atoms with Crippen molar-refractivity contribution in [2.24, 2.45) is 0 Å². The Hall–Kier alpha value is -1.47. The van der Waals surface area contributed by atoms with Crippen LogP contribution in [0.2, 0.25) is 5.02 Å². The summed E-state index contributed by atoms with van der Waals surface area (Å²) in [7, 11) is 0. The van der Waals surface area contributed by atoms with Crippen molar-refractivity contribution in [3.8, 4) is 5.75 Å². The molecule has 0 saturated carbocycles. The second kappa shape index (κ2) is 5.88. The summed E-state index contributed by atoms with van der Waals surface area (Å²) in [5, 5.41) is 0.750. The molecule has 0 spiro atoms. The van der Waals surface area contributed by atoms with E-state index in [1.807, 2.05) is 24.3 Å². The molecule has 1 nitrogen and oxygen atoms in total. The lowest BCUT2D eigenvalue weighted by atomic mass is 9.85. The van der Waals surface area contributed by atoms with Gasteiger partial charge >= 0.3 is 0 Å². The van der Waals surface area contributed by atoms with Crippen LogP contribution in [0.5, 0.6) is 5.75 Å². The maximum Gasteiger partial charge on any atom is 0.123 e. The molecule has 0 aromatic heterocycles. The standard InChI is InChI=1S/C18H21ClO/c1-13-5-10-17(16(11-13)18(2,3)4)20-12-14-6-8-15(19)9-7-14/h5-11H,12H2,1-4H3.